The van der Waals surface area contributed by atoms with Crippen LogP contribution in [0.4, 0.5) is 10.1 Å². The number of halogens is 1. The zero-order valence-electron chi connectivity index (χ0n) is 15.9. The minimum atomic E-state index is -4.03. The highest BCUT2D eigenvalue weighted by Gasteiger charge is 2.24. The molecule has 1 saturated heterocycles. The van der Waals surface area contributed by atoms with E-state index in [1.54, 1.807) is 6.07 Å². The summed E-state index contributed by atoms with van der Waals surface area (Å²) in [6.45, 7) is 0.935. The number of pyridine rings is 1. The van der Waals surface area contributed by atoms with Crippen LogP contribution in [0.2, 0.25) is 0 Å². The molecule has 30 heavy (non-hydrogen) atoms. The van der Waals surface area contributed by atoms with Crippen LogP contribution in [-0.2, 0) is 21.3 Å². The first-order valence-corrected chi connectivity index (χ1v) is 10.9. The SMILES string of the molecule is NS(=O)(=O)c1cc(NC(=O)c2c3cccc(F)c3nn2CC2CCCCO2)ccn1. The second kappa shape index (κ2) is 8.09. The Kier molecular flexibility index (Phi) is 5.50. The second-order valence-corrected chi connectivity index (χ2v) is 8.55. The number of nitrogens with zero attached hydrogens (tertiary/aromatic N) is 3. The molecule has 11 heteroatoms. The molecule has 3 heterocycles. The van der Waals surface area contributed by atoms with Crippen molar-refractivity contribution in [2.24, 2.45) is 5.14 Å². The zero-order chi connectivity index (χ0) is 21.3. The van der Waals surface area contributed by atoms with Crippen molar-refractivity contribution in [2.45, 2.75) is 36.9 Å². The normalized spacial score (nSPS) is 17.2. The van der Waals surface area contributed by atoms with Crippen LogP contribution in [0.15, 0.2) is 41.6 Å². The number of ether oxygens (including phenoxy) is 1. The van der Waals surface area contributed by atoms with Crippen LogP contribution >= 0.6 is 0 Å². The van der Waals surface area contributed by atoms with E-state index in [0.29, 0.717) is 18.5 Å². The molecule has 4 rings (SSSR count). The Morgan fingerprint density at radius 2 is 2.17 bits per heavy atom. The largest absolute Gasteiger partial charge is 0.376 e. The van der Waals surface area contributed by atoms with Gasteiger partial charge in [0, 0.05) is 29.9 Å². The van der Waals surface area contributed by atoms with Gasteiger partial charge in [-0.15, -0.1) is 0 Å². The third-order valence-electron chi connectivity index (χ3n) is 4.87. The second-order valence-electron chi connectivity index (χ2n) is 7.04. The Bertz CT molecular complexity index is 1200. The lowest BCUT2D eigenvalue weighted by molar-refractivity contribution is 0.00378. The predicted octanol–water partition coefficient (Wildman–Crippen LogP) is 2.04. The van der Waals surface area contributed by atoms with Gasteiger partial charge in [0.1, 0.15) is 11.2 Å². The van der Waals surface area contributed by atoms with Crippen molar-refractivity contribution < 1.29 is 22.3 Å². The molecule has 1 unspecified atom stereocenters. The number of hydrogen-bond acceptors (Lipinski definition) is 6. The summed E-state index contributed by atoms with van der Waals surface area (Å²) in [4.78, 5) is 16.8. The number of primary sulfonamides is 1. The highest BCUT2D eigenvalue weighted by atomic mass is 32.2. The van der Waals surface area contributed by atoms with Crippen molar-refractivity contribution in [1.29, 1.82) is 0 Å². The van der Waals surface area contributed by atoms with Crippen LogP contribution < -0.4 is 10.5 Å². The number of benzene rings is 1. The molecule has 3 N–H and O–H groups in total. The molecule has 1 atom stereocenters. The lowest BCUT2D eigenvalue weighted by atomic mass is 10.1. The van der Waals surface area contributed by atoms with Gasteiger partial charge in [0.2, 0.25) is 0 Å². The average molecular weight is 433 g/mol. The van der Waals surface area contributed by atoms with Gasteiger partial charge in [-0.1, -0.05) is 12.1 Å². The fraction of sp³-hybridized carbons (Fsp3) is 0.316. The summed E-state index contributed by atoms with van der Waals surface area (Å²) in [5, 5.41) is 12.0. The lowest BCUT2D eigenvalue weighted by Crippen LogP contribution is -2.28. The Hall–Kier alpha value is -2.89. The Morgan fingerprint density at radius 3 is 2.90 bits per heavy atom. The fourth-order valence-electron chi connectivity index (χ4n) is 3.47. The third-order valence-corrected chi connectivity index (χ3v) is 5.68. The van der Waals surface area contributed by atoms with Crippen LogP contribution in [0.25, 0.3) is 10.9 Å². The first-order valence-electron chi connectivity index (χ1n) is 9.40. The lowest BCUT2D eigenvalue weighted by Gasteiger charge is -2.23. The van der Waals surface area contributed by atoms with E-state index < -0.39 is 21.7 Å². The van der Waals surface area contributed by atoms with E-state index in [1.807, 2.05) is 0 Å². The number of nitrogens with one attached hydrogen (secondary N) is 1. The van der Waals surface area contributed by atoms with Crippen molar-refractivity contribution in [3.05, 3.63) is 48.0 Å². The number of nitrogens with two attached hydrogens (primary N) is 1. The molecule has 9 nitrogen and oxygen atoms in total. The molecule has 0 spiro atoms. The van der Waals surface area contributed by atoms with Crippen LogP contribution in [0.5, 0.6) is 0 Å². The molecule has 0 bridgehead atoms. The molecule has 1 aromatic carbocycles. The quantitative estimate of drug-likeness (QED) is 0.633. The Morgan fingerprint density at radius 1 is 1.33 bits per heavy atom. The molecular formula is C19H20FN5O4S. The summed E-state index contributed by atoms with van der Waals surface area (Å²) in [5.74, 6) is -1.10. The first-order chi connectivity index (χ1) is 14.3. The van der Waals surface area contributed by atoms with E-state index in [2.05, 4.69) is 15.4 Å². The molecule has 2 aromatic heterocycles. The van der Waals surface area contributed by atoms with E-state index in [1.165, 1.54) is 29.1 Å². The van der Waals surface area contributed by atoms with Gasteiger partial charge in [0.15, 0.2) is 10.8 Å². The van der Waals surface area contributed by atoms with Gasteiger partial charge in [-0.25, -0.2) is 22.9 Å². The van der Waals surface area contributed by atoms with Gasteiger partial charge in [-0.3, -0.25) is 9.48 Å². The summed E-state index contributed by atoms with van der Waals surface area (Å²) in [7, 11) is -4.03. The summed E-state index contributed by atoms with van der Waals surface area (Å²) in [6.07, 6.45) is 3.91. The number of hydrogen-bond donors (Lipinski definition) is 2. The fourth-order valence-corrected chi connectivity index (χ4v) is 3.97. The average Bonchev–Trinajstić information content (AvgIpc) is 3.08. The van der Waals surface area contributed by atoms with Gasteiger partial charge < -0.3 is 10.1 Å². The number of fused-ring (bicyclic) bond motifs is 1. The number of anilines is 1. The van der Waals surface area contributed by atoms with Crippen LogP contribution in [0, 0.1) is 5.82 Å². The highest BCUT2D eigenvalue weighted by Crippen LogP contribution is 2.24. The van der Waals surface area contributed by atoms with E-state index in [4.69, 9.17) is 9.88 Å². The minimum Gasteiger partial charge on any atom is -0.376 e. The van der Waals surface area contributed by atoms with Gasteiger partial charge in [-0.05, 0) is 31.4 Å². The van der Waals surface area contributed by atoms with Gasteiger partial charge in [-0.2, -0.15) is 5.10 Å². The topological polar surface area (TPSA) is 129 Å². The zero-order valence-corrected chi connectivity index (χ0v) is 16.7. The van der Waals surface area contributed by atoms with Crippen molar-refractivity contribution >= 4 is 32.5 Å². The van der Waals surface area contributed by atoms with Gasteiger partial charge in [0.05, 0.1) is 12.6 Å². The van der Waals surface area contributed by atoms with Crippen LogP contribution in [-0.4, -0.2) is 41.8 Å². The van der Waals surface area contributed by atoms with E-state index >= 15 is 0 Å². The van der Waals surface area contributed by atoms with Crippen LogP contribution in [0.3, 0.4) is 0 Å². The van der Waals surface area contributed by atoms with Crippen molar-refractivity contribution in [3.63, 3.8) is 0 Å². The molecule has 1 fully saturated rings. The first kappa shape index (κ1) is 20.4. The maximum atomic E-state index is 14.3. The molecular weight excluding hydrogens is 413 g/mol. The highest BCUT2D eigenvalue weighted by molar-refractivity contribution is 7.89. The molecule has 1 aliphatic rings. The Labute approximate surface area is 172 Å². The number of sulfonamides is 1. The number of carbonyl (C=O) groups is 1. The Balaban J connectivity index is 1.70. The van der Waals surface area contributed by atoms with E-state index in [9.17, 15) is 17.6 Å². The van der Waals surface area contributed by atoms with Crippen LogP contribution in [0.1, 0.15) is 29.8 Å². The smallest absolute Gasteiger partial charge is 0.274 e. The molecule has 0 aliphatic carbocycles. The van der Waals surface area contributed by atoms with Gasteiger partial charge in [0.25, 0.3) is 15.9 Å². The number of carbonyl (C=O) groups excluding carboxylic acids is 1. The van der Waals surface area contributed by atoms with Crippen molar-refractivity contribution in [3.8, 4) is 0 Å². The van der Waals surface area contributed by atoms with Gasteiger partial charge >= 0.3 is 0 Å². The summed E-state index contributed by atoms with van der Waals surface area (Å²) >= 11 is 0. The minimum absolute atomic E-state index is 0.0819. The maximum Gasteiger partial charge on any atom is 0.274 e. The summed E-state index contributed by atoms with van der Waals surface area (Å²) in [5.41, 5.74) is 0.427. The van der Waals surface area contributed by atoms with Crippen molar-refractivity contribution in [2.75, 3.05) is 11.9 Å². The molecule has 1 amide bonds. The monoisotopic (exact) mass is 433 g/mol. The van der Waals surface area contributed by atoms with Crippen molar-refractivity contribution in [1.82, 2.24) is 14.8 Å². The molecule has 0 radical (unpaired) electrons. The summed E-state index contributed by atoms with van der Waals surface area (Å²) in [6, 6.07) is 6.98. The predicted molar refractivity (Wildman–Crippen MR) is 107 cm³/mol. The third kappa shape index (κ3) is 4.18. The molecule has 158 valence electrons. The number of aromatic nitrogens is 3. The molecule has 0 saturated carbocycles. The molecule has 1 aliphatic heterocycles. The van der Waals surface area contributed by atoms with E-state index in [-0.39, 0.29) is 28.0 Å². The van der Waals surface area contributed by atoms with E-state index in [0.717, 1.165) is 25.3 Å². The number of rotatable bonds is 5. The number of amides is 1. The summed E-state index contributed by atoms with van der Waals surface area (Å²) < 4.78 is 44.5. The standard InChI is InChI=1S/C19H20FN5O4S/c20-15-6-3-5-14-17(15)24-25(11-13-4-1-2-9-29-13)18(14)19(26)23-12-7-8-22-16(10-12)30(21,27)28/h3,5-8,10,13H,1-2,4,9,11H2,(H2,21,27,28)(H,22,23,26). The maximum absolute atomic E-state index is 14.3. The molecule has 3 aromatic rings.